The smallest absolute Gasteiger partial charge is 0.163 e. The van der Waals surface area contributed by atoms with Crippen molar-refractivity contribution in [1.29, 1.82) is 0 Å². The zero-order valence-corrected chi connectivity index (χ0v) is 17.7. The second kappa shape index (κ2) is 7.13. The Morgan fingerprint density at radius 3 is 2.56 bits per heavy atom. The summed E-state index contributed by atoms with van der Waals surface area (Å²) in [7, 11) is 0. The molecule has 6 aromatic rings. The lowest BCUT2D eigenvalue weighted by molar-refractivity contribution is 1.10. The molecule has 0 spiro atoms. The van der Waals surface area contributed by atoms with Crippen LogP contribution < -0.4 is 0 Å². The first kappa shape index (κ1) is 18.4. The third-order valence-corrected chi connectivity index (χ3v) is 5.73. The van der Waals surface area contributed by atoms with Crippen LogP contribution in [0.2, 0.25) is 0 Å². The highest BCUT2D eigenvalue weighted by Gasteiger charge is 2.16. The Balaban J connectivity index is 1.49. The number of pyridine rings is 1. The molecule has 6 rings (SSSR count). The summed E-state index contributed by atoms with van der Waals surface area (Å²) in [5, 5.41) is 0. The number of H-pyrrole nitrogens is 1. The fourth-order valence-electron chi connectivity index (χ4n) is 4.18. The van der Waals surface area contributed by atoms with Gasteiger partial charge in [-0.1, -0.05) is 36.4 Å². The molecule has 0 fully saturated rings. The summed E-state index contributed by atoms with van der Waals surface area (Å²) in [5.41, 5.74) is 8.72. The van der Waals surface area contributed by atoms with Crippen LogP contribution in [0.5, 0.6) is 0 Å². The van der Waals surface area contributed by atoms with E-state index in [4.69, 9.17) is 9.97 Å². The molecular weight excluding hydrogens is 396 g/mol. The third kappa shape index (κ3) is 2.96. The van der Waals surface area contributed by atoms with Crippen molar-refractivity contribution >= 4 is 16.7 Å². The van der Waals surface area contributed by atoms with Gasteiger partial charge in [-0.25, -0.2) is 19.9 Å². The fraction of sp³-hybridized carbons (Fsp3) is 0.0769. The average Bonchev–Trinajstić information content (AvgIpc) is 3.38. The number of aromatic amines is 1. The molecule has 6 heteroatoms. The molecule has 0 bridgehead atoms. The average molecular weight is 416 g/mol. The topological polar surface area (TPSA) is 71.8 Å². The van der Waals surface area contributed by atoms with Gasteiger partial charge >= 0.3 is 0 Å². The van der Waals surface area contributed by atoms with Crippen LogP contribution in [-0.2, 0) is 0 Å². The molecule has 0 saturated heterocycles. The molecule has 154 valence electrons. The van der Waals surface area contributed by atoms with Gasteiger partial charge in [-0.3, -0.25) is 0 Å². The van der Waals surface area contributed by atoms with Gasteiger partial charge in [-0.05, 0) is 44.2 Å². The largest absolute Gasteiger partial charge is 0.342 e. The molecule has 4 aromatic heterocycles. The minimum atomic E-state index is 0.651. The molecule has 0 radical (unpaired) electrons. The summed E-state index contributed by atoms with van der Waals surface area (Å²) < 4.78 is 2.10. The quantitative estimate of drug-likeness (QED) is 0.406. The van der Waals surface area contributed by atoms with Gasteiger partial charge in [-0.15, -0.1) is 0 Å². The highest BCUT2D eigenvalue weighted by Crippen LogP contribution is 2.29. The summed E-state index contributed by atoms with van der Waals surface area (Å²) in [5.74, 6) is 1.55. The predicted octanol–water partition coefficient (Wildman–Crippen LogP) is 5.62. The van der Waals surface area contributed by atoms with Crippen LogP contribution in [-0.4, -0.2) is 29.3 Å². The van der Waals surface area contributed by atoms with E-state index in [0.29, 0.717) is 5.82 Å². The van der Waals surface area contributed by atoms with Crippen molar-refractivity contribution in [1.82, 2.24) is 29.3 Å². The number of nitrogens with zero attached hydrogens (tertiary/aromatic N) is 5. The van der Waals surface area contributed by atoms with Gasteiger partial charge in [0.1, 0.15) is 11.5 Å². The number of hydrogen-bond acceptors (Lipinski definition) is 4. The van der Waals surface area contributed by atoms with E-state index < -0.39 is 0 Å². The molecule has 0 unspecified atom stereocenters. The molecule has 0 atom stereocenters. The van der Waals surface area contributed by atoms with Crippen molar-refractivity contribution in [2.24, 2.45) is 0 Å². The van der Waals surface area contributed by atoms with E-state index in [1.807, 2.05) is 61.7 Å². The molecule has 6 nitrogen and oxygen atoms in total. The Bertz CT molecular complexity index is 1590. The summed E-state index contributed by atoms with van der Waals surface area (Å²) in [6.45, 7) is 4.05. The van der Waals surface area contributed by atoms with Gasteiger partial charge in [0.05, 0.1) is 28.0 Å². The van der Waals surface area contributed by atoms with Crippen molar-refractivity contribution in [3.05, 3.63) is 90.6 Å². The van der Waals surface area contributed by atoms with E-state index in [1.165, 1.54) is 0 Å². The second-order valence-corrected chi connectivity index (χ2v) is 7.85. The van der Waals surface area contributed by atoms with Gasteiger partial charge in [0.15, 0.2) is 5.82 Å². The predicted molar refractivity (Wildman–Crippen MR) is 126 cm³/mol. The molecule has 0 aliphatic rings. The zero-order chi connectivity index (χ0) is 21.7. The van der Waals surface area contributed by atoms with Crippen molar-refractivity contribution in [3.63, 3.8) is 0 Å². The second-order valence-electron chi connectivity index (χ2n) is 7.85. The minimum absolute atomic E-state index is 0.651. The first-order chi connectivity index (χ1) is 15.7. The van der Waals surface area contributed by atoms with E-state index in [-0.39, 0.29) is 0 Å². The molecule has 1 N–H and O–H groups in total. The van der Waals surface area contributed by atoms with Crippen molar-refractivity contribution in [2.75, 3.05) is 0 Å². The minimum Gasteiger partial charge on any atom is -0.342 e. The first-order valence-electron chi connectivity index (χ1n) is 10.5. The standard InChI is InChI=1S/C26H20N6/c1-16-24(18-7-4-3-5-8-18)31-26-20(9-6-14-32(16)26)25-27-13-12-21(30-25)19-10-11-22-23(15-19)29-17(2)28-22/h3-15H,1-2H3,(H,28,29). The highest BCUT2D eigenvalue weighted by molar-refractivity contribution is 5.82. The SMILES string of the molecule is Cc1nc2ccc(-c3ccnc(-c4cccn5c(C)c(-c6ccccc6)nc45)n3)cc2[nH]1. The zero-order valence-electron chi connectivity index (χ0n) is 17.7. The lowest BCUT2D eigenvalue weighted by Crippen LogP contribution is -1.95. The van der Waals surface area contributed by atoms with Crippen LogP contribution in [0.15, 0.2) is 79.1 Å². The Morgan fingerprint density at radius 1 is 0.812 bits per heavy atom. The maximum Gasteiger partial charge on any atom is 0.163 e. The molecule has 2 aromatic carbocycles. The molecule has 0 aliphatic carbocycles. The van der Waals surface area contributed by atoms with E-state index in [2.05, 4.69) is 44.5 Å². The summed E-state index contributed by atoms with van der Waals surface area (Å²) in [4.78, 5) is 22.2. The van der Waals surface area contributed by atoms with Crippen LogP contribution in [0.4, 0.5) is 0 Å². The van der Waals surface area contributed by atoms with Crippen LogP contribution >= 0.6 is 0 Å². The Morgan fingerprint density at radius 2 is 1.69 bits per heavy atom. The highest BCUT2D eigenvalue weighted by atomic mass is 15.0. The number of aryl methyl sites for hydroxylation is 2. The monoisotopic (exact) mass is 416 g/mol. The Labute approximate surface area is 184 Å². The number of imidazole rings is 2. The first-order valence-corrected chi connectivity index (χ1v) is 10.5. The fourth-order valence-corrected chi connectivity index (χ4v) is 4.18. The third-order valence-electron chi connectivity index (χ3n) is 5.73. The molecule has 4 heterocycles. The van der Waals surface area contributed by atoms with E-state index in [0.717, 1.165) is 56.3 Å². The number of nitrogens with one attached hydrogen (secondary N) is 1. The molecule has 0 amide bonds. The number of benzene rings is 2. The summed E-state index contributed by atoms with van der Waals surface area (Å²) in [6, 6.07) is 22.4. The Kier molecular flexibility index (Phi) is 4.11. The normalized spacial score (nSPS) is 11.4. The van der Waals surface area contributed by atoms with Gasteiger partial charge in [0.2, 0.25) is 0 Å². The van der Waals surface area contributed by atoms with Crippen molar-refractivity contribution < 1.29 is 0 Å². The number of fused-ring (bicyclic) bond motifs is 2. The van der Waals surface area contributed by atoms with Gasteiger partial charge in [0.25, 0.3) is 0 Å². The van der Waals surface area contributed by atoms with E-state index in [9.17, 15) is 0 Å². The maximum atomic E-state index is 4.97. The van der Waals surface area contributed by atoms with Crippen LogP contribution in [0.1, 0.15) is 11.5 Å². The molecule has 32 heavy (non-hydrogen) atoms. The van der Waals surface area contributed by atoms with Gasteiger partial charge in [-0.2, -0.15) is 0 Å². The van der Waals surface area contributed by atoms with E-state index in [1.54, 1.807) is 6.20 Å². The molecule has 0 saturated carbocycles. The molecule has 0 aliphatic heterocycles. The van der Waals surface area contributed by atoms with E-state index >= 15 is 0 Å². The number of aromatic nitrogens is 6. The number of rotatable bonds is 3. The van der Waals surface area contributed by atoms with Crippen LogP contribution in [0, 0.1) is 13.8 Å². The van der Waals surface area contributed by atoms with Gasteiger partial charge < -0.3 is 9.38 Å². The van der Waals surface area contributed by atoms with Crippen molar-refractivity contribution in [2.45, 2.75) is 13.8 Å². The van der Waals surface area contributed by atoms with Crippen LogP contribution in [0.25, 0.3) is 50.6 Å². The van der Waals surface area contributed by atoms with Crippen molar-refractivity contribution in [3.8, 4) is 33.9 Å². The van der Waals surface area contributed by atoms with Gasteiger partial charge in [0, 0.05) is 29.2 Å². The lowest BCUT2D eigenvalue weighted by atomic mass is 10.1. The maximum absolute atomic E-state index is 4.97. The summed E-state index contributed by atoms with van der Waals surface area (Å²) in [6.07, 6.45) is 3.84. The van der Waals surface area contributed by atoms with Crippen LogP contribution in [0.3, 0.4) is 0 Å². The Hall–Kier alpha value is -4.32. The number of hydrogen-bond donors (Lipinski definition) is 1. The molecular formula is C26H20N6. The summed E-state index contributed by atoms with van der Waals surface area (Å²) >= 11 is 0. The lowest BCUT2D eigenvalue weighted by Gasteiger charge is -2.06.